The standard InChI is InChI=1S/C11H17BrN2.ClH/c1-8-4-5-9(7-10(8)12)11(14)3-2-6-13;/h4-5,7,11H,2-3,6,13-14H2,1H3;1H/t11-;/m1./s1. The lowest BCUT2D eigenvalue weighted by atomic mass is 10.0. The minimum absolute atomic E-state index is 0. The molecule has 0 aliphatic rings. The van der Waals surface area contributed by atoms with Crippen molar-refractivity contribution in [1.29, 1.82) is 0 Å². The molecule has 0 unspecified atom stereocenters. The van der Waals surface area contributed by atoms with Crippen molar-refractivity contribution >= 4 is 28.3 Å². The van der Waals surface area contributed by atoms with Crippen molar-refractivity contribution in [3.05, 3.63) is 33.8 Å². The zero-order valence-electron chi connectivity index (χ0n) is 8.87. The van der Waals surface area contributed by atoms with Crippen LogP contribution in [0, 0.1) is 6.92 Å². The summed E-state index contributed by atoms with van der Waals surface area (Å²) in [6, 6.07) is 6.37. The van der Waals surface area contributed by atoms with Gasteiger partial charge in [0.25, 0.3) is 0 Å². The molecule has 0 saturated carbocycles. The maximum Gasteiger partial charge on any atom is 0.0295 e. The van der Waals surface area contributed by atoms with E-state index in [1.807, 2.05) is 0 Å². The van der Waals surface area contributed by atoms with Crippen molar-refractivity contribution in [3.8, 4) is 0 Å². The van der Waals surface area contributed by atoms with Crippen molar-refractivity contribution in [1.82, 2.24) is 0 Å². The molecule has 1 aromatic rings. The van der Waals surface area contributed by atoms with Gasteiger partial charge in [-0.1, -0.05) is 28.1 Å². The lowest BCUT2D eigenvalue weighted by molar-refractivity contribution is 0.617. The second-order valence-corrected chi connectivity index (χ2v) is 4.40. The van der Waals surface area contributed by atoms with E-state index in [0.29, 0.717) is 6.54 Å². The molecule has 4 heteroatoms. The third kappa shape index (κ3) is 4.51. The minimum atomic E-state index is 0. The molecule has 0 aliphatic carbocycles. The SMILES string of the molecule is Cc1ccc([C@H](N)CCCN)cc1Br.Cl. The number of nitrogens with two attached hydrogens (primary N) is 2. The van der Waals surface area contributed by atoms with Gasteiger partial charge in [-0.15, -0.1) is 12.4 Å². The fraction of sp³-hybridized carbons (Fsp3) is 0.455. The van der Waals surface area contributed by atoms with Crippen LogP contribution in [-0.4, -0.2) is 6.54 Å². The van der Waals surface area contributed by atoms with Crippen LogP contribution in [0.1, 0.15) is 30.0 Å². The highest BCUT2D eigenvalue weighted by Gasteiger charge is 2.06. The zero-order chi connectivity index (χ0) is 10.6. The van der Waals surface area contributed by atoms with E-state index in [1.54, 1.807) is 0 Å². The Kier molecular flexibility index (Phi) is 7.18. The van der Waals surface area contributed by atoms with Crippen LogP contribution in [0.2, 0.25) is 0 Å². The van der Waals surface area contributed by atoms with Crippen molar-refractivity contribution in [2.75, 3.05) is 6.54 Å². The third-order valence-corrected chi connectivity index (χ3v) is 3.20. The minimum Gasteiger partial charge on any atom is -0.330 e. The predicted molar refractivity (Wildman–Crippen MR) is 71.3 cm³/mol. The van der Waals surface area contributed by atoms with Crippen LogP contribution < -0.4 is 11.5 Å². The van der Waals surface area contributed by atoms with E-state index in [0.717, 1.165) is 17.3 Å². The summed E-state index contributed by atoms with van der Waals surface area (Å²) in [6.45, 7) is 2.78. The number of halogens is 2. The first-order chi connectivity index (χ1) is 6.65. The summed E-state index contributed by atoms with van der Waals surface area (Å²) in [5, 5.41) is 0. The molecular weight excluding hydrogens is 275 g/mol. The predicted octanol–water partition coefficient (Wildman–Crippen LogP) is 2.92. The highest BCUT2D eigenvalue weighted by Crippen LogP contribution is 2.22. The monoisotopic (exact) mass is 292 g/mol. The first-order valence-electron chi connectivity index (χ1n) is 4.87. The van der Waals surface area contributed by atoms with Gasteiger partial charge in [0.1, 0.15) is 0 Å². The largest absolute Gasteiger partial charge is 0.330 e. The molecule has 0 amide bonds. The Morgan fingerprint density at radius 3 is 2.60 bits per heavy atom. The molecule has 0 saturated heterocycles. The third-order valence-electron chi connectivity index (χ3n) is 2.34. The van der Waals surface area contributed by atoms with Gasteiger partial charge in [0, 0.05) is 10.5 Å². The molecule has 0 aliphatic heterocycles. The number of rotatable bonds is 4. The Morgan fingerprint density at radius 2 is 2.07 bits per heavy atom. The molecule has 1 rings (SSSR count). The van der Waals surface area contributed by atoms with Gasteiger partial charge in [0.05, 0.1) is 0 Å². The molecule has 0 heterocycles. The maximum absolute atomic E-state index is 6.02. The highest BCUT2D eigenvalue weighted by molar-refractivity contribution is 9.10. The first kappa shape index (κ1) is 14.9. The molecule has 0 fully saturated rings. The summed E-state index contributed by atoms with van der Waals surface area (Å²) in [4.78, 5) is 0. The van der Waals surface area contributed by atoms with Crippen molar-refractivity contribution in [2.45, 2.75) is 25.8 Å². The summed E-state index contributed by atoms with van der Waals surface area (Å²) in [7, 11) is 0. The average Bonchev–Trinajstić information content (AvgIpc) is 2.18. The van der Waals surface area contributed by atoms with Gasteiger partial charge < -0.3 is 11.5 Å². The molecule has 0 aromatic heterocycles. The second kappa shape index (κ2) is 7.23. The van der Waals surface area contributed by atoms with Gasteiger partial charge in [-0.2, -0.15) is 0 Å². The van der Waals surface area contributed by atoms with Crippen LogP contribution in [0.3, 0.4) is 0 Å². The second-order valence-electron chi connectivity index (χ2n) is 3.55. The Labute approximate surface area is 106 Å². The van der Waals surface area contributed by atoms with E-state index in [9.17, 15) is 0 Å². The molecule has 0 spiro atoms. The highest BCUT2D eigenvalue weighted by atomic mass is 79.9. The molecule has 1 aromatic carbocycles. The summed E-state index contributed by atoms with van der Waals surface area (Å²) < 4.78 is 1.12. The fourth-order valence-electron chi connectivity index (χ4n) is 1.34. The number of hydrogen-bond acceptors (Lipinski definition) is 2. The molecule has 0 radical (unpaired) electrons. The van der Waals surface area contributed by atoms with E-state index in [4.69, 9.17) is 11.5 Å². The fourth-order valence-corrected chi connectivity index (χ4v) is 1.74. The quantitative estimate of drug-likeness (QED) is 0.897. The molecule has 2 nitrogen and oxygen atoms in total. The van der Waals surface area contributed by atoms with Crippen molar-refractivity contribution in [3.63, 3.8) is 0 Å². The molecular formula is C11H18BrClN2. The van der Waals surface area contributed by atoms with E-state index < -0.39 is 0 Å². The van der Waals surface area contributed by atoms with E-state index >= 15 is 0 Å². The van der Waals surface area contributed by atoms with E-state index in [1.165, 1.54) is 11.1 Å². The van der Waals surface area contributed by atoms with Crippen LogP contribution >= 0.6 is 28.3 Å². The van der Waals surface area contributed by atoms with E-state index in [-0.39, 0.29) is 18.4 Å². The lowest BCUT2D eigenvalue weighted by Gasteiger charge is -2.12. The summed E-state index contributed by atoms with van der Waals surface area (Å²) in [6.07, 6.45) is 1.93. The Balaban J connectivity index is 0.00000196. The molecule has 86 valence electrons. The van der Waals surface area contributed by atoms with Crippen LogP contribution in [0.25, 0.3) is 0 Å². The van der Waals surface area contributed by atoms with Crippen LogP contribution in [0.15, 0.2) is 22.7 Å². The summed E-state index contributed by atoms with van der Waals surface area (Å²) in [5.41, 5.74) is 13.9. The molecule has 15 heavy (non-hydrogen) atoms. The Hall–Kier alpha value is -0.0900. The maximum atomic E-state index is 6.02. The zero-order valence-corrected chi connectivity index (χ0v) is 11.3. The molecule has 0 bridgehead atoms. The van der Waals surface area contributed by atoms with Crippen LogP contribution in [-0.2, 0) is 0 Å². The normalized spacial score (nSPS) is 12.0. The lowest BCUT2D eigenvalue weighted by Crippen LogP contribution is -2.12. The Morgan fingerprint density at radius 1 is 1.40 bits per heavy atom. The summed E-state index contributed by atoms with van der Waals surface area (Å²) in [5.74, 6) is 0. The van der Waals surface area contributed by atoms with Crippen molar-refractivity contribution < 1.29 is 0 Å². The van der Waals surface area contributed by atoms with E-state index in [2.05, 4.69) is 41.1 Å². The topological polar surface area (TPSA) is 52.0 Å². The smallest absolute Gasteiger partial charge is 0.0295 e. The number of hydrogen-bond donors (Lipinski definition) is 2. The van der Waals surface area contributed by atoms with Crippen LogP contribution in [0.5, 0.6) is 0 Å². The molecule has 4 N–H and O–H groups in total. The average molecular weight is 294 g/mol. The Bertz CT molecular complexity index is 305. The van der Waals surface area contributed by atoms with Gasteiger partial charge in [-0.3, -0.25) is 0 Å². The summed E-state index contributed by atoms with van der Waals surface area (Å²) >= 11 is 3.50. The van der Waals surface area contributed by atoms with Crippen LogP contribution in [0.4, 0.5) is 0 Å². The van der Waals surface area contributed by atoms with Gasteiger partial charge in [0.15, 0.2) is 0 Å². The van der Waals surface area contributed by atoms with Gasteiger partial charge in [-0.05, 0) is 43.5 Å². The first-order valence-corrected chi connectivity index (χ1v) is 5.66. The molecule has 1 atom stereocenters. The number of benzene rings is 1. The van der Waals surface area contributed by atoms with Gasteiger partial charge in [-0.25, -0.2) is 0 Å². The van der Waals surface area contributed by atoms with Gasteiger partial charge in [0.2, 0.25) is 0 Å². The van der Waals surface area contributed by atoms with Crippen molar-refractivity contribution in [2.24, 2.45) is 11.5 Å². The number of aryl methyl sites for hydroxylation is 1. The van der Waals surface area contributed by atoms with Gasteiger partial charge >= 0.3 is 0 Å².